The van der Waals surface area contributed by atoms with Crippen LogP contribution in [0.5, 0.6) is 5.75 Å². The molecule has 0 spiro atoms. The van der Waals surface area contributed by atoms with Crippen molar-refractivity contribution in [3.63, 3.8) is 0 Å². The monoisotopic (exact) mass is 405 g/mol. The summed E-state index contributed by atoms with van der Waals surface area (Å²) in [6, 6.07) is 14.1. The van der Waals surface area contributed by atoms with Gasteiger partial charge in [-0.1, -0.05) is 59.1 Å². The number of alkyl halides is 1. The van der Waals surface area contributed by atoms with Crippen LogP contribution in [0.15, 0.2) is 48.7 Å². The standard InChI is InChI=1S/C21H28BrNO2/c22-14-6-1-2-7-16-24-17-9-12-20-21(13-8-15-23-20)25-18-19-10-4-3-5-11-19/h3-5,8,10-11,13,15H,1-2,6-7,9,12,14,16-18H2. The Balaban J connectivity index is 1.64. The number of unbranched alkanes of at least 4 members (excludes halogenated alkanes) is 3. The number of hydrogen-bond acceptors (Lipinski definition) is 3. The Morgan fingerprint density at radius 1 is 0.840 bits per heavy atom. The van der Waals surface area contributed by atoms with Crippen LogP contribution in [0.25, 0.3) is 0 Å². The van der Waals surface area contributed by atoms with Crippen LogP contribution in [0.4, 0.5) is 0 Å². The van der Waals surface area contributed by atoms with E-state index in [1.54, 1.807) is 0 Å². The smallest absolute Gasteiger partial charge is 0.141 e. The van der Waals surface area contributed by atoms with E-state index in [4.69, 9.17) is 9.47 Å². The Hall–Kier alpha value is -1.39. The highest BCUT2D eigenvalue weighted by molar-refractivity contribution is 9.09. The van der Waals surface area contributed by atoms with E-state index in [1.165, 1.54) is 24.8 Å². The van der Waals surface area contributed by atoms with Gasteiger partial charge >= 0.3 is 0 Å². The summed E-state index contributed by atoms with van der Waals surface area (Å²) < 4.78 is 11.7. The average molecular weight is 406 g/mol. The molecule has 136 valence electrons. The molecule has 1 heterocycles. The second-order valence-electron chi connectivity index (χ2n) is 6.04. The first kappa shape index (κ1) is 19.9. The lowest BCUT2D eigenvalue weighted by Crippen LogP contribution is -2.03. The van der Waals surface area contributed by atoms with Gasteiger partial charge in [0, 0.05) is 24.7 Å². The van der Waals surface area contributed by atoms with Crippen LogP contribution < -0.4 is 4.74 Å². The summed E-state index contributed by atoms with van der Waals surface area (Å²) in [7, 11) is 0. The molecule has 2 rings (SSSR count). The number of halogens is 1. The summed E-state index contributed by atoms with van der Waals surface area (Å²) in [4.78, 5) is 4.47. The van der Waals surface area contributed by atoms with Crippen LogP contribution >= 0.6 is 15.9 Å². The lowest BCUT2D eigenvalue weighted by molar-refractivity contribution is 0.127. The average Bonchev–Trinajstić information content (AvgIpc) is 2.66. The van der Waals surface area contributed by atoms with E-state index in [0.29, 0.717) is 6.61 Å². The number of rotatable bonds is 13. The molecule has 0 atom stereocenters. The SMILES string of the molecule is BrCCCCCCOCCCc1ncccc1OCc1ccccc1. The number of nitrogens with zero attached hydrogens (tertiary/aromatic N) is 1. The molecule has 0 bridgehead atoms. The maximum atomic E-state index is 5.95. The van der Waals surface area contributed by atoms with Crippen molar-refractivity contribution < 1.29 is 9.47 Å². The predicted octanol–water partition coefficient (Wildman–Crippen LogP) is 5.57. The highest BCUT2D eigenvalue weighted by Crippen LogP contribution is 2.18. The van der Waals surface area contributed by atoms with E-state index in [9.17, 15) is 0 Å². The van der Waals surface area contributed by atoms with Crippen LogP contribution in [0, 0.1) is 0 Å². The maximum absolute atomic E-state index is 5.95. The summed E-state index contributed by atoms with van der Waals surface area (Å²) in [6.45, 7) is 2.22. The molecule has 0 aliphatic carbocycles. The molecule has 1 aromatic heterocycles. The molecule has 25 heavy (non-hydrogen) atoms. The fourth-order valence-corrected chi connectivity index (χ4v) is 2.97. The normalized spacial score (nSPS) is 10.8. The zero-order valence-electron chi connectivity index (χ0n) is 14.8. The Morgan fingerprint density at radius 2 is 1.64 bits per heavy atom. The Morgan fingerprint density at radius 3 is 2.48 bits per heavy atom. The molecule has 4 heteroatoms. The van der Waals surface area contributed by atoms with Crippen molar-refractivity contribution in [3.8, 4) is 5.75 Å². The highest BCUT2D eigenvalue weighted by atomic mass is 79.9. The first-order valence-corrected chi connectivity index (χ1v) is 10.3. The molecule has 0 fully saturated rings. The minimum atomic E-state index is 0.574. The van der Waals surface area contributed by atoms with Gasteiger partial charge in [0.2, 0.25) is 0 Å². The van der Waals surface area contributed by atoms with Crippen LogP contribution in [0.3, 0.4) is 0 Å². The molecule has 0 N–H and O–H groups in total. The van der Waals surface area contributed by atoms with Crippen molar-refractivity contribution in [2.24, 2.45) is 0 Å². The second-order valence-corrected chi connectivity index (χ2v) is 6.83. The molecule has 0 radical (unpaired) electrons. The quantitative estimate of drug-likeness (QED) is 0.322. The van der Waals surface area contributed by atoms with Gasteiger partial charge in [-0.3, -0.25) is 4.98 Å². The van der Waals surface area contributed by atoms with Gasteiger partial charge in [0.25, 0.3) is 0 Å². The molecule has 3 nitrogen and oxygen atoms in total. The number of aryl methyl sites for hydroxylation is 1. The molecule has 0 aliphatic rings. The lowest BCUT2D eigenvalue weighted by atomic mass is 10.2. The zero-order valence-corrected chi connectivity index (χ0v) is 16.4. The first-order chi connectivity index (χ1) is 12.4. The molecule has 0 saturated heterocycles. The van der Waals surface area contributed by atoms with Gasteiger partial charge in [-0.05, 0) is 43.4 Å². The fraction of sp³-hybridized carbons (Fsp3) is 0.476. The third kappa shape index (κ3) is 8.50. The number of hydrogen-bond donors (Lipinski definition) is 0. The number of ether oxygens (including phenoxy) is 2. The van der Waals surface area contributed by atoms with Crippen LogP contribution in [-0.2, 0) is 17.8 Å². The molecule has 0 aliphatic heterocycles. The fourth-order valence-electron chi connectivity index (χ4n) is 2.57. The number of benzene rings is 1. The molecule has 2 aromatic rings. The van der Waals surface area contributed by atoms with Crippen molar-refractivity contribution in [2.75, 3.05) is 18.5 Å². The van der Waals surface area contributed by atoms with Crippen LogP contribution in [-0.4, -0.2) is 23.5 Å². The second kappa shape index (κ2) is 12.9. The third-order valence-corrected chi connectivity index (χ3v) is 4.52. The summed E-state index contributed by atoms with van der Waals surface area (Å²) in [5.41, 5.74) is 2.18. The third-order valence-electron chi connectivity index (χ3n) is 3.96. The maximum Gasteiger partial charge on any atom is 0.141 e. The van der Waals surface area contributed by atoms with Gasteiger partial charge in [0.05, 0.1) is 5.69 Å². The Bertz CT molecular complexity index is 577. The van der Waals surface area contributed by atoms with Crippen molar-refractivity contribution in [3.05, 3.63) is 59.9 Å². The Labute approximate surface area is 159 Å². The first-order valence-electron chi connectivity index (χ1n) is 9.14. The van der Waals surface area contributed by atoms with E-state index < -0.39 is 0 Å². The predicted molar refractivity (Wildman–Crippen MR) is 106 cm³/mol. The van der Waals surface area contributed by atoms with Gasteiger partial charge in [0.15, 0.2) is 0 Å². The van der Waals surface area contributed by atoms with Crippen LogP contribution in [0.1, 0.15) is 43.4 Å². The summed E-state index contributed by atoms with van der Waals surface area (Å²) in [5.74, 6) is 0.876. The van der Waals surface area contributed by atoms with Gasteiger partial charge in [-0.25, -0.2) is 0 Å². The number of aromatic nitrogens is 1. The van der Waals surface area contributed by atoms with Gasteiger partial charge in [0.1, 0.15) is 12.4 Å². The molecular formula is C21H28BrNO2. The van der Waals surface area contributed by atoms with Crippen LogP contribution in [0.2, 0.25) is 0 Å². The van der Waals surface area contributed by atoms with E-state index in [1.807, 2.05) is 36.5 Å². The summed E-state index contributed by atoms with van der Waals surface area (Å²) >= 11 is 3.46. The van der Waals surface area contributed by atoms with Crippen molar-refractivity contribution in [1.82, 2.24) is 4.98 Å². The Kier molecular flexibility index (Phi) is 10.3. The molecule has 0 unspecified atom stereocenters. The van der Waals surface area contributed by atoms with Gasteiger partial charge in [-0.2, -0.15) is 0 Å². The van der Waals surface area contributed by atoms with E-state index in [0.717, 1.165) is 49.2 Å². The molecule has 0 saturated carbocycles. The summed E-state index contributed by atoms with van der Waals surface area (Å²) in [5, 5.41) is 1.10. The lowest BCUT2D eigenvalue weighted by Gasteiger charge is -2.11. The highest BCUT2D eigenvalue weighted by Gasteiger charge is 2.05. The number of pyridine rings is 1. The molecule has 1 aromatic carbocycles. The van der Waals surface area contributed by atoms with Gasteiger partial charge in [-0.15, -0.1) is 0 Å². The minimum Gasteiger partial charge on any atom is -0.487 e. The zero-order chi connectivity index (χ0) is 17.6. The largest absolute Gasteiger partial charge is 0.487 e. The van der Waals surface area contributed by atoms with E-state index in [2.05, 4.69) is 33.0 Å². The topological polar surface area (TPSA) is 31.4 Å². The minimum absolute atomic E-state index is 0.574. The summed E-state index contributed by atoms with van der Waals surface area (Å²) in [6.07, 6.45) is 8.63. The van der Waals surface area contributed by atoms with Crippen molar-refractivity contribution in [2.45, 2.75) is 45.1 Å². The van der Waals surface area contributed by atoms with E-state index >= 15 is 0 Å². The van der Waals surface area contributed by atoms with Crippen molar-refractivity contribution in [1.29, 1.82) is 0 Å². The van der Waals surface area contributed by atoms with Crippen molar-refractivity contribution >= 4 is 15.9 Å². The molecule has 0 amide bonds. The van der Waals surface area contributed by atoms with E-state index in [-0.39, 0.29) is 0 Å². The molecular weight excluding hydrogens is 378 g/mol. The van der Waals surface area contributed by atoms with Gasteiger partial charge < -0.3 is 9.47 Å².